The van der Waals surface area contributed by atoms with Gasteiger partial charge in [0.05, 0.1) is 0 Å². The smallest absolute Gasteiger partial charge is 0.277 e. The highest BCUT2D eigenvalue weighted by Gasteiger charge is 2.32. The van der Waals surface area contributed by atoms with Gasteiger partial charge in [0.2, 0.25) is 0 Å². The second-order valence-corrected chi connectivity index (χ2v) is 6.67. The first-order chi connectivity index (χ1) is 5.39. The molecule has 1 saturated heterocycles. The fraction of sp³-hybridized carbons (Fsp3) is 1.00. The summed E-state index contributed by atoms with van der Waals surface area (Å²) in [6, 6.07) is -0.104. The predicted molar refractivity (Wildman–Crippen MR) is 49.6 cm³/mol. The number of hydrogen-bond donors (Lipinski definition) is 2. The third-order valence-corrected chi connectivity index (χ3v) is 4.92. The summed E-state index contributed by atoms with van der Waals surface area (Å²) < 4.78 is 29.6. The van der Waals surface area contributed by atoms with E-state index >= 15 is 0 Å². The molecule has 12 heavy (non-hydrogen) atoms. The zero-order valence-corrected chi connectivity index (χ0v) is 8.44. The van der Waals surface area contributed by atoms with Gasteiger partial charge in [-0.1, -0.05) is 6.92 Å². The zero-order chi connectivity index (χ0) is 9.35. The van der Waals surface area contributed by atoms with Gasteiger partial charge < -0.3 is 5.73 Å². The minimum absolute atomic E-state index is 0.104. The van der Waals surface area contributed by atoms with Gasteiger partial charge in [0.25, 0.3) is 10.1 Å². The molecule has 3 unspecified atom stereocenters. The van der Waals surface area contributed by atoms with Crippen molar-refractivity contribution in [3.8, 4) is 0 Å². The largest absolute Gasteiger partial charge is 0.328 e. The molecule has 4 nitrogen and oxygen atoms in total. The summed E-state index contributed by atoms with van der Waals surface area (Å²) in [7, 11) is -3.91. The summed E-state index contributed by atoms with van der Waals surface area (Å²) in [5.74, 6) is 0. The Hall–Kier alpha value is 0.220. The molecule has 1 aliphatic heterocycles. The van der Waals surface area contributed by atoms with E-state index in [2.05, 4.69) is 0 Å². The van der Waals surface area contributed by atoms with Gasteiger partial charge in [0.1, 0.15) is 4.58 Å². The molecule has 1 heterocycles. The molecule has 0 spiro atoms. The lowest BCUT2D eigenvalue weighted by Gasteiger charge is -2.28. The molecule has 0 radical (unpaired) electrons. The van der Waals surface area contributed by atoms with Crippen molar-refractivity contribution < 1.29 is 13.0 Å². The van der Waals surface area contributed by atoms with Crippen LogP contribution in [0.3, 0.4) is 0 Å². The molecule has 0 aromatic rings. The fourth-order valence-electron chi connectivity index (χ4n) is 1.33. The Balaban J connectivity index is 2.68. The van der Waals surface area contributed by atoms with Crippen molar-refractivity contribution in [1.29, 1.82) is 0 Å². The fourth-order valence-corrected chi connectivity index (χ4v) is 4.19. The molecule has 3 atom stereocenters. The molecule has 6 heteroatoms. The van der Waals surface area contributed by atoms with Crippen molar-refractivity contribution in [3.63, 3.8) is 0 Å². The van der Waals surface area contributed by atoms with Crippen LogP contribution in [0.1, 0.15) is 19.8 Å². The topological polar surface area (TPSA) is 80.4 Å². The maximum atomic E-state index is 10.8. The highest BCUT2D eigenvalue weighted by Crippen LogP contribution is 2.33. The Bertz CT molecular complexity index is 242. The second kappa shape index (κ2) is 3.53. The van der Waals surface area contributed by atoms with Gasteiger partial charge in [-0.3, -0.25) is 4.55 Å². The van der Waals surface area contributed by atoms with Crippen molar-refractivity contribution in [1.82, 2.24) is 0 Å². The third-order valence-electron chi connectivity index (χ3n) is 1.85. The van der Waals surface area contributed by atoms with Crippen LogP contribution in [0, 0.1) is 0 Å². The summed E-state index contributed by atoms with van der Waals surface area (Å²) >= 11 is 1.28. The van der Waals surface area contributed by atoms with E-state index < -0.39 is 14.7 Å². The minimum atomic E-state index is -3.91. The van der Waals surface area contributed by atoms with E-state index in [9.17, 15) is 8.42 Å². The number of rotatable bonds is 1. The van der Waals surface area contributed by atoms with Crippen LogP contribution in [0.4, 0.5) is 0 Å². The lowest BCUT2D eigenvalue weighted by molar-refractivity contribution is 0.464. The number of thioether (sulfide) groups is 1. The Kier molecular flexibility index (Phi) is 3.03. The Labute approximate surface area is 76.6 Å². The minimum Gasteiger partial charge on any atom is -0.328 e. The third kappa shape index (κ3) is 2.62. The van der Waals surface area contributed by atoms with E-state index in [1.807, 2.05) is 6.92 Å². The summed E-state index contributed by atoms with van der Waals surface area (Å²) in [5.41, 5.74) is 5.62. The SMILES string of the molecule is CC1CC(N)CC(S(=O)(=O)O)S1. The Morgan fingerprint density at radius 3 is 2.50 bits per heavy atom. The van der Waals surface area contributed by atoms with Crippen LogP contribution in [-0.4, -0.2) is 28.8 Å². The first-order valence-corrected chi connectivity index (χ1v) is 6.21. The van der Waals surface area contributed by atoms with Gasteiger partial charge in [0.15, 0.2) is 0 Å². The van der Waals surface area contributed by atoms with Crippen molar-refractivity contribution in [3.05, 3.63) is 0 Å². The molecule has 1 aliphatic rings. The van der Waals surface area contributed by atoms with E-state index in [4.69, 9.17) is 10.3 Å². The monoisotopic (exact) mass is 211 g/mol. The first-order valence-electron chi connectivity index (χ1n) is 3.77. The van der Waals surface area contributed by atoms with Crippen molar-refractivity contribution in [2.45, 2.75) is 35.6 Å². The molecule has 1 rings (SSSR count). The van der Waals surface area contributed by atoms with Crippen LogP contribution in [0.25, 0.3) is 0 Å². The molecule has 0 bridgehead atoms. The molecule has 1 fully saturated rings. The number of nitrogens with two attached hydrogens (primary N) is 1. The molecule has 0 amide bonds. The van der Waals surface area contributed by atoms with Crippen LogP contribution >= 0.6 is 11.8 Å². The van der Waals surface area contributed by atoms with Crippen LogP contribution in [-0.2, 0) is 10.1 Å². The van der Waals surface area contributed by atoms with E-state index in [1.165, 1.54) is 11.8 Å². The van der Waals surface area contributed by atoms with Crippen molar-refractivity contribution in [2.75, 3.05) is 0 Å². The lowest BCUT2D eigenvalue weighted by atomic mass is 10.1. The maximum absolute atomic E-state index is 10.8. The van der Waals surface area contributed by atoms with Crippen LogP contribution in [0.2, 0.25) is 0 Å². The summed E-state index contributed by atoms with van der Waals surface area (Å²) in [6.45, 7) is 1.92. The Morgan fingerprint density at radius 1 is 1.50 bits per heavy atom. The standard InChI is InChI=1S/C6H13NO3S2/c1-4-2-5(7)3-6(11-4)12(8,9)10/h4-6H,2-3,7H2,1H3,(H,8,9,10). The molecule has 0 aromatic heterocycles. The first kappa shape index (κ1) is 10.3. The van der Waals surface area contributed by atoms with Crippen LogP contribution in [0.5, 0.6) is 0 Å². The molecular weight excluding hydrogens is 198 g/mol. The highest BCUT2D eigenvalue weighted by molar-refractivity contribution is 8.12. The van der Waals surface area contributed by atoms with E-state index in [0.717, 1.165) is 6.42 Å². The molecule has 3 N–H and O–H groups in total. The van der Waals surface area contributed by atoms with E-state index in [0.29, 0.717) is 6.42 Å². The molecule has 0 aliphatic carbocycles. The van der Waals surface area contributed by atoms with Crippen LogP contribution < -0.4 is 5.73 Å². The average molecular weight is 211 g/mol. The van der Waals surface area contributed by atoms with Crippen molar-refractivity contribution in [2.24, 2.45) is 5.73 Å². The summed E-state index contributed by atoms with van der Waals surface area (Å²) in [6.07, 6.45) is 1.17. The molecule has 72 valence electrons. The normalized spacial score (nSPS) is 38.1. The lowest BCUT2D eigenvalue weighted by Crippen LogP contribution is -2.36. The van der Waals surface area contributed by atoms with Gasteiger partial charge in [-0.15, -0.1) is 11.8 Å². The molecule has 0 aromatic carbocycles. The molecule has 0 saturated carbocycles. The Morgan fingerprint density at radius 2 is 2.08 bits per heavy atom. The van der Waals surface area contributed by atoms with Gasteiger partial charge in [-0.2, -0.15) is 8.42 Å². The van der Waals surface area contributed by atoms with Gasteiger partial charge in [0, 0.05) is 11.3 Å². The van der Waals surface area contributed by atoms with Gasteiger partial charge >= 0.3 is 0 Å². The molecular formula is C6H13NO3S2. The summed E-state index contributed by atoms with van der Waals surface area (Å²) in [4.78, 5) is 0. The average Bonchev–Trinajstić information content (AvgIpc) is 1.82. The van der Waals surface area contributed by atoms with Gasteiger partial charge in [-0.05, 0) is 12.8 Å². The zero-order valence-electron chi connectivity index (χ0n) is 6.80. The van der Waals surface area contributed by atoms with Crippen molar-refractivity contribution >= 4 is 21.9 Å². The van der Waals surface area contributed by atoms with E-state index in [1.54, 1.807) is 0 Å². The maximum Gasteiger partial charge on any atom is 0.277 e. The quantitative estimate of drug-likeness (QED) is 0.615. The second-order valence-electron chi connectivity index (χ2n) is 3.12. The number of hydrogen-bond acceptors (Lipinski definition) is 4. The summed E-state index contributed by atoms with van der Waals surface area (Å²) in [5, 5.41) is 0.209. The van der Waals surface area contributed by atoms with Crippen LogP contribution in [0.15, 0.2) is 0 Å². The predicted octanol–water partition coefficient (Wildman–Crippen LogP) is 0.443. The van der Waals surface area contributed by atoms with E-state index in [-0.39, 0.29) is 11.3 Å². The van der Waals surface area contributed by atoms with Gasteiger partial charge in [-0.25, -0.2) is 0 Å². The highest BCUT2D eigenvalue weighted by atomic mass is 32.3.